The number of rotatable bonds is 4. The molecule has 9 heteroatoms. The van der Waals surface area contributed by atoms with Crippen molar-refractivity contribution < 1.29 is 27.5 Å². The molecule has 0 aliphatic carbocycles. The lowest BCUT2D eigenvalue weighted by Gasteiger charge is -2.38. The summed E-state index contributed by atoms with van der Waals surface area (Å²) in [6.45, 7) is 0.829. The summed E-state index contributed by atoms with van der Waals surface area (Å²) < 4.78 is 44.2. The van der Waals surface area contributed by atoms with Crippen molar-refractivity contribution in [2.24, 2.45) is 0 Å². The molecule has 1 aromatic carbocycles. The van der Waals surface area contributed by atoms with Gasteiger partial charge in [0.1, 0.15) is 6.54 Å². The molecule has 4 rings (SSSR count). The molecule has 2 amide bonds. The number of halogens is 3. The minimum absolute atomic E-state index is 0.00898. The number of hydrogen-bond acceptors (Lipinski definition) is 4. The fourth-order valence-electron chi connectivity index (χ4n) is 3.46. The molecule has 2 aromatic rings. The van der Waals surface area contributed by atoms with Crippen molar-refractivity contribution in [2.75, 3.05) is 31.6 Å². The number of methoxy groups -OCH3 is 1. The summed E-state index contributed by atoms with van der Waals surface area (Å²) in [6, 6.07) is 6.54. The first kappa shape index (κ1) is 19.4. The number of carbonyl (C=O) groups excluding carboxylic acids is 2. The van der Waals surface area contributed by atoms with E-state index in [2.05, 4.69) is 4.98 Å². The Balaban J connectivity index is 1.58. The fraction of sp³-hybridized carbons (Fsp3) is 0.350. The fourth-order valence-corrected chi connectivity index (χ4v) is 3.46. The largest absolute Gasteiger partial charge is 0.416 e. The summed E-state index contributed by atoms with van der Waals surface area (Å²) in [4.78, 5) is 32.0. The number of carbonyl (C=O) groups is 2. The van der Waals surface area contributed by atoms with Crippen LogP contribution in [0, 0.1) is 0 Å². The number of fused-ring (bicyclic) bond motifs is 1. The van der Waals surface area contributed by atoms with Crippen LogP contribution in [0.15, 0.2) is 36.5 Å². The Bertz CT molecular complexity index is 971. The zero-order chi connectivity index (χ0) is 20.8. The first-order valence-electron chi connectivity index (χ1n) is 9.04. The predicted molar refractivity (Wildman–Crippen MR) is 98.1 cm³/mol. The molecule has 0 radical (unpaired) electrons. The maximum atomic E-state index is 13.0. The van der Waals surface area contributed by atoms with Gasteiger partial charge < -0.3 is 14.5 Å². The van der Waals surface area contributed by atoms with E-state index in [0.29, 0.717) is 35.6 Å². The molecule has 2 aliphatic rings. The van der Waals surface area contributed by atoms with Gasteiger partial charge in [-0.05, 0) is 23.8 Å². The van der Waals surface area contributed by atoms with Gasteiger partial charge in [-0.3, -0.25) is 14.6 Å². The highest BCUT2D eigenvalue weighted by Crippen LogP contribution is 2.35. The Hall–Kier alpha value is -2.94. The van der Waals surface area contributed by atoms with Crippen LogP contribution in [-0.4, -0.2) is 54.5 Å². The number of hydrogen-bond donors (Lipinski definition) is 0. The number of pyridine rings is 1. The summed E-state index contributed by atoms with van der Waals surface area (Å²) >= 11 is 0. The second kappa shape index (κ2) is 7.14. The molecular formula is C20H18F3N3O3. The molecule has 0 spiro atoms. The summed E-state index contributed by atoms with van der Waals surface area (Å²) in [7, 11) is 1.58. The minimum atomic E-state index is -4.45. The first-order chi connectivity index (χ1) is 13.8. The minimum Gasteiger partial charge on any atom is -0.378 e. The number of aromatic nitrogens is 1. The number of nitrogens with zero attached hydrogens (tertiary/aromatic N) is 3. The molecular weight excluding hydrogens is 387 g/mol. The van der Waals surface area contributed by atoms with E-state index in [1.807, 2.05) is 0 Å². The molecule has 0 saturated carbocycles. The van der Waals surface area contributed by atoms with Gasteiger partial charge in [0.2, 0.25) is 11.8 Å². The van der Waals surface area contributed by atoms with Crippen molar-refractivity contribution in [2.45, 2.75) is 18.7 Å². The van der Waals surface area contributed by atoms with Crippen LogP contribution >= 0.6 is 0 Å². The van der Waals surface area contributed by atoms with Crippen molar-refractivity contribution >= 4 is 17.5 Å². The van der Waals surface area contributed by atoms with Gasteiger partial charge in [0, 0.05) is 32.0 Å². The van der Waals surface area contributed by atoms with Crippen molar-refractivity contribution in [3.8, 4) is 11.1 Å². The predicted octanol–water partition coefficient (Wildman–Crippen LogP) is 2.51. The smallest absolute Gasteiger partial charge is 0.378 e. The van der Waals surface area contributed by atoms with Crippen molar-refractivity contribution in [3.63, 3.8) is 0 Å². The second-order valence-electron chi connectivity index (χ2n) is 7.08. The van der Waals surface area contributed by atoms with Gasteiger partial charge in [-0.15, -0.1) is 0 Å². The van der Waals surface area contributed by atoms with Crippen LogP contribution in [0.5, 0.6) is 0 Å². The lowest BCUT2D eigenvalue weighted by atomic mass is 10.0. The molecule has 6 nitrogen and oxygen atoms in total. The Morgan fingerprint density at radius 3 is 2.69 bits per heavy atom. The Morgan fingerprint density at radius 1 is 1.24 bits per heavy atom. The standard InChI is InChI=1S/C20H18F3N3O3/c1-29-15-9-25(10-15)19(28)11-26-17-6-13(8-24-16(17)7-18(26)27)12-3-2-4-14(5-12)20(21,22)23/h2-6,8,15H,7,9-11H2,1H3. The number of benzene rings is 1. The Morgan fingerprint density at radius 2 is 2.00 bits per heavy atom. The molecule has 0 bridgehead atoms. The average Bonchev–Trinajstić information content (AvgIpc) is 2.95. The molecule has 0 N–H and O–H groups in total. The topological polar surface area (TPSA) is 62.7 Å². The van der Waals surface area contributed by atoms with Crippen LogP contribution in [0.3, 0.4) is 0 Å². The molecule has 0 unspecified atom stereocenters. The SMILES string of the molecule is COC1CN(C(=O)CN2C(=O)Cc3ncc(-c4cccc(C(F)(F)F)c4)cc32)C1. The summed E-state index contributed by atoms with van der Waals surface area (Å²) in [5.41, 5.74) is 1.000. The number of likely N-dealkylation sites (tertiary alicyclic amines) is 1. The third-order valence-corrected chi connectivity index (χ3v) is 5.21. The van der Waals surface area contributed by atoms with Crippen LogP contribution in [0.2, 0.25) is 0 Å². The summed E-state index contributed by atoms with van der Waals surface area (Å²) in [5, 5.41) is 0. The van der Waals surface area contributed by atoms with Gasteiger partial charge in [-0.2, -0.15) is 13.2 Å². The summed E-state index contributed by atoms with van der Waals surface area (Å²) in [6.07, 6.45) is -2.93. The normalized spacial score (nSPS) is 16.8. The molecule has 2 aliphatic heterocycles. The quantitative estimate of drug-likeness (QED) is 0.784. The Labute approximate surface area is 164 Å². The number of ether oxygens (including phenoxy) is 1. The zero-order valence-corrected chi connectivity index (χ0v) is 15.6. The molecule has 152 valence electrons. The molecule has 3 heterocycles. The van der Waals surface area contributed by atoms with Gasteiger partial charge in [-0.25, -0.2) is 0 Å². The van der Waals surface area contributed by atoms with Gasteiger partial charge in [0.15, 0.2) is 0 Å². The third-order valence-electron chi connectivity index (χ3n) is 5.21. The van der Waals surface area contributed by atoms with Gasteiger partial charge in [-0.1, -0.05) is 12.1 Å². The van der Waals surface area contributed by atoms with Gasteiger partial charge in [0.05, 0.1) is 29.5 Å². The average molecular weight is 405 g/mol. The van der Waals surface area contributed by atoms with Crippen LogP contribution in [0.4, 0.5) is 18.9 Å². The highest BCUT2D eigenvalue weighted by atomic mass is 19.4. The molecule has 1 aromatic heterocycles. The summed E-state index contributed by atoms with van der Waals surface area (Å²) in [5.74, 6) is -0.463. The molecule has 0 atom stereocenters. The van der Waals surface area contributed by atoms with E-state index in [0.717, 1.165) is 12.1 Å². The monoisotopic (exact) mass is 405 g/mol. The first-order valence-corrected chi connectivity index (χ1v) is 9.04. The molecule has 29 heavy (non-hydrogen) atoms. The second-order valence-corrected chi connectivity index (χ2v) is 7.08. The third kappa shape index (κ3) is 3.69. The lowest BCUT2D eigenvalue weighted by Crippen LogP contribution is -2.56. The Kier molecular flexibility index (Phi) is 4.77. The van der Waals surface area contributed by atoms with Gasteiger partial charge >= 0.3 is 6.18 Å². The van der Waals surface area contributed by atoms with Crippen molar-refractivity contribution in [3.05, 3.63) is 47.8 Å². The van der Waals surface area contributed by atoms with E-state index in [1.54, 1.807) is 24.1 Å². The van der Waals surface area contributed by atoms with E-state index < -0.39 is 11.7 Å². The lowest BCUT2D eigenvalue weighted by molar-refractivity contribution is -0.142. The van der Waals surface area contributed by atoms with Crippen LogP contribution in [0.1, 0.15) is 11.3 Å². The zero-order valence-electron chi connectivity index (χ0n) is 15.6. The number of amides is 2. The number of anilines is 1. The van der Waals surface area contributed by atoms with Gasteiger partial charge in [0.25, 0.3) is 0 Å². The van der Waals surface area contributed by atoms with E-state index in [4.69, 9.17) is 4.74 Å². The van der Waals surface area contributed by atoms with Crippen molar-refractivity contribution in [1.29, 1.82) is 0 Å². The highest BCUT2D eigenvalue weighted by Gasteiger charge is 2.36. The maximum Gasteiger partial charge on any atom is 0.416 e. The van der Waals surface area contributed by atoms with E-state index in [9.17, 15) is 22.8 Å². The molecule has 1 fully saturated rings. The van der Waals surface area contributed by atoms with Crippen molar-refractivity contribution in [1.82, 2.24) is 9.88 Å². The highest BCUT2D eigenvalue weighted by molar-refractivity contribution is 6.05. The molecule has 1 saturated heterocycles. The van der Waals surface area contributed by atoms with Crippen LogP contribution in [0.25, 0.3) is 11.1 Å². The maximum absolute atomic E-state index is 13.0. The van der Waals surface area contributed by atoms with E-state index in [-0.39, 0.29) is 30.9 Å². The number of alkyl halides is 3. The van der Waals surface area contributed by atoms with E-state index >= 15 is 0 Å². The van der Waals surface area contributed by atoms with Crippen LogP contribution in [-0.2, 0) is 26.9 Å². The van der Waals surface area contributed by atoms with E-state index in [1.165, 1.54) is 17.2 Å². The van der Waals surface area contributed by atoms with Crippen LogP contribution < -0.4 is 4.90 Å².